The molecule has 0 spiro atoms. The Morgan fingerprint density at radius 3 is 2.40 bits per heavy atom. The summed E-state index contributed by atoms with van der Waals surface area (Å²) < 4.78 is 11.5. The quantitative estimate of drug-likeness (QED) is 0.0606. The highest BCUT2D eigenvalue weighted by Crippen LogP contribution is 2.43. The van der Waals surface area contributed by atoms with Crippen molar-refractivity contribution < 1.29 is 23.5 Å². The van der Waals surface area contributed by atoms with Crippen molar-refractivity contribution >= 4 is 34.6 Å². The van der Waals surface area contributed by atoms with Gasteiger partial charge in [0, 0.05) is 66.0 Å². The fourth-order valence-electron chi connectivity index (χ4n) is 5.18. The van der Waals surface area contributed by atoms with Crippen LogP contribution in [0, 0.1) is 13.8 Å². The van der Waals surface area contributed by atoms with Crippen LogP contribution in [-0.4, -0.2) is 80.3 Å². The summed E-state index contributed by atoms with van der Waals surface area (Å²) in [7, 11) is 0. The van der Waals surface area contributed by atoms with Crippen LogP contribution < -0.4 is 26.7 Å². The summed E-state index contributed by atoms with van der Waals surface area (Å²) in [6, 6.07) is 15.3. The van der Waals surface area contributed by atoms with Crippen LogP contribution in [0.5, 0.6) is 0 Å². The summed E-state index contributed by atoms with van der Waals surface area (Å²) in [5, 5.41) is 18.9. The summed E-state index contributed by atoms with van der Waals surface area (Å²) in [6.07, 6.45) is 0. The average molecular weight is 638 g/mol. The van der Waals surface area contributed by atoms with Crippen LogP contribution in [0.2, 0.25) is 0 Å². The lowest BCUT2D eigenvalue weighted by Crippen LogP contribution is -2.41. The van der Waals surface area contributed by atoms with Crippen molar-refractivity contribution in [3.8, 4) is 22.5 Å². The lowest BCUT2D eigenvalue weighted by molar-refractivity contribution is -0.138. The molecule has 2 aromatic rings. The van der Waals surface area contributed by atoms with Gasteiger partial charge in [0.15, 0.2) is 0 Å². The first-order valence-electron chi connectivity index (χ1n) is 15.7. The predicted molar refractivity (Wildman–Crippen MR) is 180 cm³/mol. The number of hydrazine groups is 1. The highest BCUT2D eigenvalue weighted by molar-refractivity contribution is 6.09. The number of nitrogens with zero attached hydrogens (tertiary/aromatic N) is 3. The van der Waals surface area contributed by atoms with E-state index in [-0.39, 0.29) is 32.1 Å². The van der Waals surface area contributed by atoms with E-state index in [1.54, 1.807) is 13.0 Å². The first-order valence-corrected chi connectivity index (χ1v) is 15.7. The highest BCUT2D eigenvalue weighted by atomic mass is 16.5. The number of nitrogens with one attached hydrogen (secondary N) is 4. The molecule has 47 heavy (non-hydrogen) atoms. The van der Waals surface area contributed by atoms with Crippen molar-refractivity contribution in [3.63, 3.8) is 0 Å². The molecule has 244 valence electrons. The van der Waals surface area contributed by atoms with Gasteiger partial charge in [-0.1, -0.05) is 24.8 Å². The molecule has 6 rings (SSSR count). The third-order valence-electron chi connectivity index (χ3n) is 7.89. The van der Waals surface area contributed by atoms with E-state index in [0.29, 0.717) is 22.5 Å². The highest BCUT2D eigenvalue weighted by Gasteiger charge is 2.24. The zero-order chi connectivity index (χ0) is 33.1. The molecular formula is C35H39N7O5. The van der Waals surface area contributed by atoms with Gasteiger partial charge in [0.05, 0.1) is 30.7 Å². The van der Waals surface area contributed by atoms with Gasteiger partial charge in [-0.15, -0.1) is 0 Å². The van der Waals surface area contributed by atoms with E-state index >= 15 is 0 Å². The van der Waals surface area contributed by atoms with E-state index in [4.69, 9.17) is 14.3 Å². The summed E-state index contributed by atoms with van der Waals surface area (Å²) in [5.74, 6) is -0.0926. The van der Waals surface area contributed by atoms with E-state index in [9.17, 15) is 14.4 Å². The minimum Gasteiger partial charge on any atom is -0.460 e. The molecule has 2 aromatic carbocycles. The first kappa shape index (κ1) is 31.6. The number of anilines is 1. The number of esters is 1. The Morgan fingerprint density at radius 2 is 1.66 bits per heavy atom. The number of aryl methyl sites for hydroxylation is 2. The Kier molecular flexibility index (Phi) is 9.12. The van der Waals surface area contributed by atoms with Gasteiger partial charge in [-0.3, -0.25) is 9.80 Å². The molecule has 12 nitrogen and oxygen atoms in total. The Morgan fingerprint density at radius 1 is 0.915 bits per heavy atom. The molecule has 3 heterocycles. The first-order chi connectivity index (χ1) is 22.7. The molecule has 2 fully saturated rings. The van der Waals surface area contributed by atoms with Gasteiger partial charge in [0.25, 0.3) is 5.91 Å². The van der Waals surface area contributed by atoms with E-state index < -0.39 is 12.0 Å². The predicted octanol–water partition coefficient (Wildman–Crippen LogP) is 3.74. The molecule has 0 bridgehead atoms. The van der Waals surface area contributed by atoms with Gasteiger partial charge in [-0.05, 0) is 55.7 Å². The van der Waals surface area contributed by atoms with Crippen LogP contribution in [0.1, 0.15) is 28.4 Å². The molecule has 12 heteroatoms. The number of hydrogen-bond acceptors (Lipinski definition) is 9. The van der Waals surface area contributed by atoms with E-state index in [0.717, 1.165) is 70.4 Å². The summed E-state index contributed by atoms with van der Waals surface area (Å²) >= 11 is 0. The van der Waals surface area contributed by atoms with Crippen LogP contribution in [-0.2, 0) is 9.53 Å². The van der Waals surface area contributed by atoms with Gasteiger partial charge >= 0.3 is 12.0 Å². The van der Waals surface area contributed by atoms with Crippen LogP contribution in [0.15, 0.2) is 70.2 Å². The fourth-order valence-corrected chi connectivity index (χ4v) is 5.18. The Hall–Kier alpha value is -5.36. The molecule has 4 aliphatic rings. The van der Waals surface area contributed by atoms with Gasteiger partial charge in [-0.25, -0.2) is 14.6 Å². The minimum absolute atomic E-state index is 0.0343. The van der Waals surface area contributed by atoms with Crippen molar-refractivity contribution in [1.29, 1.82) is 0 Å². The van der Waals surface area contributed by atoms with Gasteiger partial charge < -0.3 is 30.5 Å². The molecule has 1 aliphatic carbocycles. The number of fused-ring (bicyclic) bond motifs is 2. The van der Waals surface area contributed by atoms with Crippen LogP contribution in [0.3, 0.4) is 0 Å². The monoisotopic (exact) mass is 637 g/mol. The third kappa shape index (κ3) is 7.55. The third-order valence-corrected chi connectivity index (χ3v) is 7.89. The number of hydrogen-bond donors (Lipinski definition) is 4. The Labute approximate surface area is 272 Å². The molecule has 0 unspecified atom stereocenters. The molecular weight excluding hydrogens is 598 g/mol. The smallest absolute Gasteiger partial charge is 0.333 e. The lowest BCUT2D eigenvalue weighted by atomic mass is 9.89. The average Bonchev–Trinajstić information content (AvgIpc) is 3.99. The second kappa shape index (κ2) is 13.6. The molecule has 0 saturated carbocycles. The maximum Gasteiger partial charge on any atom is 0.333 e. The lowest BCUT2D eigenvalue weighted by Gasteiger charge is -2.20. The molecule has 2 saturated heterocycles. The Bertz CT molecular complexity index is 1910. The molecule has 4 N–H and O–H groups in total. The fraction of sp³-hybridized carbons (Fsp3) is 0.314. The number of carbonyl (C=O) groups excluding carboxylic acids is 3. The van der Waals surface area contributed by atoms with Gasteiger partial charge in [0.1, 0.15) is 18.0 Å². The number of benzene rings is 3. The molecule has 0 atom stereocenters. The molecule has 0 radical (unpaired) electrons. The van der Waals surface area contributed by atoms with Gasteiger partial charge in [-0.2, -0.15) is 5.10 Å². The van der Waals surface area contributed by atoms with Crippen molar-refractivity contribution in [2.24, 2.45) is 5.10 Å². The van der Waals surface area contributed by atoms with E-state index in [1.165, 1.54) is 0 Å². The largest absolute Gasteiger partial charge is 0.460 e. The van der Waals surface area contributed by atoms with Gasteiger partial charge in [0.2, 0.25) is 0 Å². The normalized spacial score (nSPS) is 14.2. The van der Waals surface area contributed by atoms with Crippen LogP contribution >= 0.6 is 0 Å². The zero-order valence-corrected chi connectivity index (χ0v) is 26.9. The maximum atomic E-state index is 13.6. The second-order valence-electron chi connectivity index (χ2n) is 11.8. The van der Waals surface area contributed by atoms with E-state index in [1.807, 2.05) is 42.3 Å². The number of carbonyl (C=O) groups is 3. The summed E-state index contributed by atoms with van der Waals surface area (Å²) in [4.78, 5) is 37.2. The molecule has 3 aliphatic heterocycles. The Balaban J connectivity index is 1.25. The SMILES string of the molecule is C=C(C)C(=O)OCCNC(=O)NCCNC(=O)c1ccccc1-c1c2cc(C)c(=NN3CC3)cc-2oc2cc(NN3CC3)c(C)cc12. The van der Waals surface area contributed by atoms with Crippen molar-refractivity contribution in [2.45, 2.75) is 20.8 Å². The number of amides is 3. The van der Waals surface area contributed by atoms with Crippen LogP contribution in [0.25, 0.3) is 33.4 Å². The summed E-state index contributed by atoms with van der Waals surface area (Å²) in [5.41, 5.74) is 10.6. The van der Waals surface area contributed by atoms with Crippen molar-refractivity contribution in [3.05, 3.63) is 82.7 Å². The molecule has 3 amide bonds. The number of ether oxygens (including phenoxy) is 1. The topological polar surface area (TPSA) is 140 Å². The zero-order valence-electron chi connectivity index (χ0n) is 26.9. The minimum atomic E-state index is -0.507. The summed E-state index contributed by atoms with van der Waals surface area (Å²) in [6.45, 7) is 13.6. The number of rotatable bonds is 12. The standard InChI is InChI=1S/C35H39N7O5/c1-21(2)34(44)46-16-11-38-35(45)37-10-9-36-33(43)25-8-6-5-7-24(25)32-26-17-22(3)28(39-41-12-13-41)19-30(26)47-31-20-29(40-42-14-15-42)23(4)18-27(31)32/h5-8,17-20,39H,1,9-16H2,2-4H3,(H,36,43)(H2,37,38,45). The second-order valence-corrected chi connectivity index (χ2v) is 11.8. The molecule has 0 aromatic heterocycles. The number of urea groups is 1. The van der Waals surface area contributed by atoms with Crippen LogP contribution in [0.4, 0.5) is 10.5 Å². The van der Waals surface area contributed by atoms with Crippen molar-refractivity contribution in [1.82, 2.24) is 26.0 Å². The maximum absolute atomic E-state index is 13.6. The van der Waals surface area contributed by atoms with E-state index in [2.05, 4.69) is 52.0 Å². The van der Waals surface area contributed by atoms with Crippen molar-refractivity contribution in [2.75, 3.05) is 57.8 Å².